The molecule has 0 spiro atoms. The molecule has 2 atom stereocenters. The molecule has 2 unspecified atom stereocenters. The molecular weight excluding hydrogens is 270 g/mol. The van der Waals surface area contributed by atoms with Crippen molar-refractivity contribution in [1.82, 2.24) is 5.48 Å². The van der Waals surface area contributed by atoms with Gasteiger partial charge in [0.05, 0.1) is 6.10 Å². The Labute approximate surface area is 124 Å². The van der Waals surface area contributed by atoms with Gasteiger partial charge in [-0.05, 0) is 49.3 Å². The minimum atomic E-state index is -0.468. The average molecular weight is 291 g/mol. The highest BCUT2D eigenvalue weighted by molar-refractivity contribution is 5.95. The number of aliphatic hydroxyl groups is 1. The molecular formula is C16H21NO4. The molecule has 2 N–H and O–H groups in total. The van der Waals surface area contributed by atoms with E-state index in [4.69, 9.17) is 9.57 Å². The highest BCUT2D eigenvalue weighted by Crippen LogP contribution is 2.31. The first-order chi connectivity index (χ1) is 10.3. The van der Waals surface area contributed by atoms with Crippen LogP contribution in [0.3, 0.4) is 0 Å². The lowest BCUT2D eigenvalue weighted by Gasteiger charge is -2.24. The summed E-state index contributed by atoms with van der Waals surface area (Å²) in [6.45, 7) is 0.674. The Morgan fingerprint density at radius 1 is 1.29 bits per heavy atom. The minimum absolute atomic E-state index is 0.268. The summed E-state index contributed by atoms with van der Waals surface area (Å²) in [5.74, 6) is -0.268. The van der Waals surface area contributed by atoms with Crippen LogP contribution >= 0.6 is 0 Å². The number of amides is 1. The summed E-state index contributed by atoms with van der Waals surface area (Å²) < 4.78 is 5.42. The molecule has 0 bridgehead atoms. The first kappa shape index (κ1) is 14.5. The Hall–Kier alpha value is -1.43. The van der Waals surface area contributed by atoms with Gasteiger partial charge in [-0.2, -0.15) is 0 Å². The maximum absolute atomic E-state index is 12.3. The Bertz CT molecular complexity index is 511. The highest BCUT2D eigenvalue weighted by Gasteiger charge is 2.23. The molecule has 1 heterocycles. The molecule has 3 rings (SSSR count). The summed E-state index contributed by atoms with van der Waals surface area (Å²) in [4.78, 5) is 17.6. The second-order valence-electron chi connectivity index (χ2n) is 5.63. The van der Waals surface area contributed by atoms with Gasteiger partial charge in [0.25, 0.3) is 5.91 Å². The van der Waals surface area contributed by atoms with Crippen LogP contribution in [0.25, 0.3) is 0 Å². The van der Waals surface area contributed by atoms with Crippen molar-refractivity contribution in [2.45, 2.75) is 50.9 Å². The number of hydrogen-bond acceptors (Lipinski definition) is 4. The van der Waals surface area contributed by atoms with E-state index >= 15 is 0 Å². The summed E-state index contributed by atoms with van der Waals surface area (Å²) in [7, 11) is 0. The largest absolute Gasteiger partial charge is 0.388 e. The predicted octanol–water partition coefficient (Wildman–Crippen LogP) is 2.24. The zero-order valence-electron chi connectivity index (χ0n) is 12.0. The van der Waals surface area contributed by atoms with Gasteiger partial charge in [-0.3, -0.25) is 4.79 Å². The van der Waals surface area contributed by atoms with Crippen molar-refractivity contribution >= 4 is 5.91 Å². The topological polar surface area (TPSA) is 67.8 Å². The Morgan fingerprint density at radius 2 is 2.19 bits per heavy atom. The summed E-state index contributed by atoms with van der Waals surface area (Å²) in [6, 6.07) is 5.47. The van der Waals surface area contributed by atoms with E-state index in [0.29, 0.717) is 12.2 Å². The maximum Gasteiger partial charge on any atom is 0.275 e. The summed E-state index contributed by atoms with van der Waals surface area (Å²) in [5.41, 5.74) is 4.87. The Balaban J connectivity index is 1.68. The minimum Gasteiger partial charge on any atom is -0.388 e. The first-order valence-corrected chi connectivity index (χ1v) is 7.63. The molecule has 0 aromatic heterocycles. The third-order valence-electron chi connectivity index (χ3n) is 4.14. The predicted molar refractivity (Wildman–Crippen MR) is 76.5 cm³/mol. The van der Waals surface area contributed by atoms with Crippen molar-refractivity contribution in [3.63, 3.8) is 0 Å². The molecule has 1 saturated heterocycles. The smallest absolute Gasteiger partial charge is 0.275 e. The molecule has 0 radical (unpaired) electrons. The van der Waals surface area contributed by atoms with Crippen LogP contribution in [0.1, 0.15) is 59.7 Å². The standard InChI is InChI=1S/C16H21NO4/c18-14-8-4-5-11-12(14)6-3-7-13(11)16(19)17-21-15-9-1-2-10-20-15/h3,6-7,14-15,18H,1-2,4-5,8-10H2,(H,17,19). The van der Waals surface area contributed by atoms with Gasteiger partial charge in [0, 0.05) is 18.6 Å². The number of hydrogen-bond donors (Lipinski definition) is 2. The van der Waals surface area contributed by atoms with Crippen LogP contribution in [0, 0.1) is 0 Å². The molecule has 1 aromatic carbocycles. The molecule has 1 aliphatic carbocycles. The lowest BCUT2D eigenvalue weighted by Crippen LogP contribution is -2.33. The van der Waals surface area contributed by atoms with Crippen LogP contribution in [-0.2, 0) is 16.0 Å². The molecule has 1 aliphatic heterocycles. The van der Waals surface area contributed by atoms with Gasteiger partial charge in [-0.15, -0.1) is 0 Å². The Kier molecular flexibility index (Phi) is 4.53. The number of fused-ring (bicyclic) bond motifs is 1. The number of hydroxylamine groups is 1. The molecule has 2 aliphatic rings. The van der Waals surface area contributed by atoms with Crippen molar-refractivity contribution < 1.29 is 19.5 Å². The highest BCUT2D eigenvalue weighted by atomic mass is 16.8. The van der Waals surface area contributed by atoms with Crippen molar-refractivity contribution in [2.24, 2.45) is 0 Å². The number of nitrogens with one attached hydrogen (secondary N) is 1. The normalized spacial score (nSPS) is 25.2. The number of aliphatic hydroxyl groups excluding tert-OH is 1. The van der Waals surface area contributed by atoms with E-state index in [2.05, 4.69) is 5.48 Å². The second kappa shape index (κ2) is 6.56. The monoisotopic (exact) mass is 291 g/mol. The molecule has 1 fully saturated rings. The number of carbonyl (C=O) groups is 1. The lowest BCUT2D eigenvalue weighted by atomic mass is 9.86. The van der Waals surface area contributed by atoms with Crippen LogP contribution in [0.5, 0.6) is 0 Å². The van der Waals surface area contributed by atoms with Gasteiger partial charge >= 0.3 is 0 Å². The molecule has 5 nitrogen and oxygen atoms in total. The third kappa shape index (κ3) is 3.26. The zero-order chi connectivity index (χ0) is 14.7. The summed E-state index contributed by atoms with van der Waals surface area (Å²) in [5, 5.41) is 10.0. The third-order valence-corrected chi connectivity index (χ3v) is 4.14. The van der Waals surface area contributed by atoms with E-state index < -0.39 is 6.10 Å². The summed E-state index contributed by atoms with van der Waals surface area (Å²) in [6.07, 6.45) is 4.53. The van der Waals surface area contributed by atoms with Crippen molar-refractivity contribution in [1.29, 1.82) is 0 Å². The van der Waals surface area contributed by atoms with E-state index in [-0.39, 0.29) is 12.2 Å². The van der Waals surface area contributed by atoms with Crippen molar-refractivity contribution in [3.8, 4) is 0 Å². The van der Waals surface area contributed by atoms with E-state index in [0.717, 1.165) is 49.7 Å². The molecule has 5 heteroatoms. The first-order valence-electron chi connectivity index (χ1n) is 7.63. The van der Waals surface area contributed by atoms with Gasteiger partial charge in [0.1, 0.15) is 0 Å². The SMILES string of the molecule is O=C(NOC1CCCCO1)c1cccc2c1CCCC2O. The fourth-order valence-electron chi connectivity index (χ4n) is 3.01. The lowest BCUT2D eigenvalue weighted by molar-refractivity contribution is -0.186. The van der Waals surface area contributed by atoms with Crippen LogP contribution in [0.4, 0.5) is 0 Å². The van der Waals surface area contributed by atoms with Gasteiger partial charge in [0.2, 0.25) is 0 Å². The van der Waals surface area contributed by atoms with E-state index in [9.17, 15) is 9.90 Å². The maximum atomic E-state index is 12.3. The fourth-order valence-corrected chi connectivity index (χ4v) is 3.01. The second-order valence-corrected chi connectivity index (χ2v) is 5.63. The van der Waals surface area contributed by atoms with Crippen LogP contribution in [0.2, 0.25) is 0 Å². The fraction of sp³-hybridized carbons (Fsp3) is 0.562. The van der Waals surface area contributed by atoms with Gasteiger partial charge in [-0.1, -0.05) is 12.1 Å². The van der Waals surface area contributed by atoms with Crippen LogP contribution in [0.15, 0.2) is 18.2 Å². The number of carbonyl (C=O) groups excluding carboxylic acids is 1. The average Bonchev–Trinajstić information content (AvgIpc) is 2.53. The van der Waals surface area contributed by atoms with Crippen LogP contribution in [-0.4, -0.2) is 23.9 Å². The van der Waals surface area contributed by atoms with Gasteiger partial charge < -0.3 is 9.84 Å². The Morgan fingerprint density at radius 3 is 3.00 bits per heavy atom. The molecule has 21 heavy (non-hydrogen) atoms. The molecule has 1 amide bonds. The number of rotatable bonds is 3. The van der Waals surface area contributed by atoms with E-state index in [1.165, 1.54) is 0 Å². The molecule has 114 valence electrons. The summed E-state index contributed by atoms with van der Waals surface area (Å²) >= 11 is 0. The quantitative estimate of drug-likeness (QED) is 0.838. The number of ether oxygens (including phenoxy) is 1. The van der Waals surface area contributed by atoms with Gasteiger partial charge in [0.15, 0.2) is 6.29 Å². The van der Waals surface area contributed by atoms with E-state index in [1.807, 2.05) is 6.07 Å². The molecule has 1 aromatic rings. The molecule has 0 saturated carbocycles. The van der Waals surface area contributed by atoms with Gasteiger partial charge in [-0.25, -0.2) is 10.3 Å². The van der Waals surface area contributed by atoms with Crippen molar-refractivity contribution in [2.75, 3.05) is 6.61 Å². The van der Waals surface area contributed by atoms with Crippen molar-refractivity contribution in [3.05, 3.63) is 34.9 Å². The van der Waals surface area contributed by atoms with Crippen LogP contribution < -0.4 is 5.48 Å². The van der Waals surface area contributed by atoms with E-state index in [1.54, 1.807) is 12.1 Å². The number of benzene rings is 1. The zero-order valence-corrected chi connectivity index (χ0v) is 12.0.